The minimum Gasteiger partial charge on any atom is -0.342 e. The molecule has 0 bridgehead atoms. The Balaban J connectivity index is 1.70. The smallest absolute Gasteiger partial charge is 0.319 e. The number of aromatic amines is 1. The van der Waals surface area contributed by atoms with Gasteiger partial charge in [-0.15, -0.1) is 0 Å². The molecule has 3 N–H and O–H groups in total. The second kappa shape index (κ2) is 5.76. The number of hydrogen-bond donors (Lipinski definition) is 3. The van der Waals surface area contributed by atoms with Gasteiger partial charge in [0.2, 0.25) is 0 Å². The van der Waals surface area contributed by atoms with Crippen LogP contribution in [0.3, 0.4) is 0 Å². The number of amides is 2. The van der Waals surface area contributed by atoms with Crippen molar-refractivity contribution in [2.24, 2.45) is 0 Å². The molecule has 0 saturated heterocycles. The van der Waals surface area contributed by atoms with Gasteiger partial charge in [-0.3, -0.25) is 0 Å². The van der Waals surface area contributed by atoms with Crippen LogP contribution in [0.5, 0.6) is 0 Å². The Morgan fingerprint density at radius 1 is 1.33 bits per heavy atom. The number of hydrogen-bond acceptors (Lipinski definition) is 2. The summed E-state index contributed by atoms with van der Waals surface area (Å²) in [5.41, 5.74) is 2.68. The van der Waals surface area contributed by atoms with Crippen LogP contribution in [0.1, 0.15) is 51.3 Å². The first-order valence-electron chi connectivity index (χ1n) is 7.69. The number of nitrogens with one attached hydrogen (secondary N) is 3. The topological polar surface area (TPSA) is 69.8 Å². The molecule has 1 aliphatic rings. The van der Waals surface area contributed by atoms with Gasteiger partial charge in [0, 0.05) is 17.6 Å². The summed E-state index contributed by atoms with van der Waals surface area (Å²) in [7, 11) is 0. The van der Waals surface area contributed by atoms with Crippen LogP contribution in [0.2, 0.25) is 0 Å². The van der Waals surface area contributed by atoms with E-state index in [0.717, 1.165) is 35.4 Å². The van der Waals surface area contributed by atoms with Crippen molar-refractivity contribution in [1.29, 1.82) is 0 Å². The number of fused-ring (bicyclic) bond motifs is 1. The summed E-state index contributed by atoms with van der Waals surface area (Å²) >= 11 is 0. The Morgan fingerprint density at radius 2 is 2.10 bits per heavy atom. The molecule has 1 aromatic heterocycles. The third-order valence-electron chi connectivity index (χ3n) is 4.00. The molecule has 112 valence electrons. The Bertz CT molecular complexity index is 641. The van der Waals surface area contributed by atoms with E-state index in [1.807, 2.05) is 18.2 Å². The van der Waals surface area contributed by atoms with E-state index in [1.165, 1.54) is 12.8 Å². The molecule has 5 nitrogen and oxygen atoms in total. The van der Waals surface area contributed by atoms with Crippen LogP contribution >= 0.6 is 0 Å². The third kappa shape index (κ3) is 3.17. The quantitative estimate of drug-likeness (QED) is 0.804. The second-order valence-electron chi connectivity index (χ2n) is 6.09. The molecule has 1 fully saturated rings. The van der Waals surface area contributed by atoms with Crippen LogP contribution in [-0.4, -0.2) is 22.0 Å². The van der Waals surface area contributed by atoms with Gasteiger partial charge in [-0.25, -0.2) is 9.78 Å². The molecule has 2 aromatic rings. The van der Waals surface area contributed by atoms with Gasteiger partial charge in [0.05, 0.1) is 11.0 Å². The maximum absolute atomic E-state index is 12.0. The SMILES string of the molecule is CC(C)c1nc2ccc(NC(=O)NC3CCCC3)cc2[nH]1. The Morgan fingerprint density at radius 3 is 2.81 bits per heavy atom. The number of aromatic nitrogens is 2. The fourth-order valence-electron chi connectivity index (χ4n) is 2.80. The van der Waals surface area contributed by atoms with Crippen LogP contribution in [0.4, 0.5) is 10.5 Å². The number of anilines is 1. The highest BCUT2D eigenvalue weighted by atomic mass is 16.2. The number of urea groups is 1. The first kappa shape index (κ1) is 13.9. The molecule has 5 heteroatoms. The van der Waals surface area contributed by atoms with Gasteiger partial charge in [-0.05, 0) is 31.0 Å². The van der Waals surface area contributed by atoms with E-state index in [9.17, 15) is 4.79 Å². The fraction of sp³-hybridized carbons (Fsp3) is 0.500. The number of imidazole rings is 1. The zero-order valence-electron chi connectivity index (χ0n) is 12.6. The number of nitrogens with zero attached hydrogens (tertiary/aromatic N) is 1. The highest BCUT2D eigenvalue weighted by molar-refractivity contribution is 5.92. The summed E-state index contributed by atoms with van der Waals surface area (Å²) < 4.78 is 0. The van der Waals surface area contributed by atoms with E-state index >= 15 is 0 Å². The van der Waals surface area contributed by atoms with E-state index in [0.29, 0.717) is 12.0 Å². The lowest BCUT2D eigenvalue weighted by Gasteiger charge is -2.12. The van der Waals surface area contributed by atoms with Crippen molar-refractivity contribution < 1.29 is 4.79 Å². The van der Waals surface area contributed by atoms with Crippen molar-refractivity contribution in [3.8, 4) is 0 Å². The molecule has 2 amide bonds. The van der Waals surface area contributed by atoms with Gasteiger partial charge in [-0.2, -0.15) is 0 Å². The van der Waals surface area contributed by atoms with Gasteiger partial charge in [0.25, 0.3) is 0 Å². The van der Waals surface area contributed by atoms with Crippen molar-refractivity contribution in [2.45, 2.75) is 51.5 Å². The standard InChI is InChI=1S/C16H22N4O/c1-10(2)15-19-13-8-7-12(9-14(13)20-15)18-16(21)17-11-5-3-4-6-11/h7-11H,3-6H2,1-2H3,(H,19,20)(H2,17,18,21). The zero-order chi connectivity index (χ0) is 14.8. The maximum Gasteiger partial charge on any atom is 0.319 e. The lowest BCUT2D eigenvalue weighted by molar-refractivity contribution is 0.248. The second-order valence-corrected chi connectivity index (χ2v) is 6.09. The molecule has 3 rings (SSSR count). The number of rotatable bonds is 3. The minimum atomic E-state index is -0.121. The van der Waals surface area contributed by atoms with Crippen molar-refractivity contribution in [2.75, 3.05) is 5.32 Å². The maximum atomic E-state index is 12.0. The average Bonchev–Trinajstić information content (AvgIpc) is 3.06. The molecule has 1 aliphatic carbocycles. The van der Waals surface area contributed by atoms with E-state index < -0.39 is 0 Å². The minimum absolute atomic E-state index is 0.121. The van der Waals surface area contributed by atoms with Crippen LogP contribution in [-0.2, 0) is 0 Å². The molecule has 1 aromatic carbocycles. The number of carbonyl (C=O) groups is 1. The predicted octanol–water partition coefficient (Wildman–Crippen LogP) is 3.75. The largest absolute Gasteiger partial charge is 0.342 e. The van der Waals surface area contributed by atoms with Gasteiger partial charge < -0.3 is 15.6 Å². The summed E-state index contributed by atoms with van der Waals surface area (Å²) in [6.45, 7) is 4.21. The monoisotopic (exact) mass is 286 g/mol. The normalized spacial score (nSPS) is 15.8. The molecule has 21 heavy (non-hydrogen) atoms. The van der Waals surface area contributed by atoms with Gasteiger partial charge >= 0.3 is 6.03 Å². The molecule has 0 radical (unpaired) electrons. The van der Waals surface area contributed by atoms with Gasteiger partial charge in [-0.1, -0.05) is 26.7 Å². The lowest BCUT2D eigenvalue weighted by Crippen LogP contribution is -2.36. The molecular weight excluding hydrogens is 264 g/mol. The lowest BCUT2D eigenvalue weighted by atomic mass is 10.2. The highest BCUT2D eigenvalue weighted by Crippen LogP contribution is 2.21. The summed E-state index contributed by atoms with van der Waals surface area (Å²) in [5.74, 6) is 1.33. The van der Waals surface area contributed by atoms with E-state index in [2.05, 4.69) is 34.4 Å². The van der Waals surface area contributed by atoms with Crippen LogP contribution in [0.15, 0.2) is 18.2 Å². The summed E-state index contributed by atoms with van der Waals surface area (Å²) in [6, 6.07) is 5.96. The van der Waals surface area contributed by atoms with Gasteiger partial charge in [0.1, 0.15) is 5.82 Å². The molecule has 1 saturated carbocycles. The molecule has 0 atom stereocenters. The first-order valence-corrected chi connectivity index (χ1v) is 7.69. The third-order valence-corrected chi connectivity index (χ3v) is 4.00. The summed E-state index contributed by atoms with van der Waals surface area (Å²) in [6.07, 6.45) is 4.60. The van der Waals surface area contributed by atoms with Crippen molar-refractivity contribution in [3.05, 3.63) is 24.0 Å². The van der Waals surface area contributed by atoms with Crippen molar-refractivity contribution in [1.82, 2.24) is 15.3 Å². The van der Waals surface area contributed by atoms with Crippen LogP contribution < -0.4 is 10.6 Å². The van der Waals surface area contributed by atoms with Crippen molar-refractivity contribution in [3.63, 3.8) is 0 Å². The fourth-order valence-corrected chi connectivity index (χ4v) is 2.80. The average molecular weight is 286 g/mol. The number of benzene rings is 1. The number of H-pyrrole nitrogens is 1. The predicted molar refractivity (Wildman–Crippen MR) is 84.6 cm³/mol. The van der Waals surface area contributed by atoms with E-state index in [4.69, 9.17) is 0 Å². The molecule has 0 aliphatic heterocycles. The van der Waals surface area contributed by atoms with E-state index in [-0.39, 0.29) is 6.03 Å². The van der Waals surface area contributed by atoms with Gasteiger partial charge in [0.15, 0.2) is 0 Å². The van der Waals surface area contributed by atoms with Crippen molar-refractivity contribution >= 4 is 22.8 Å². The van der Waals surface area contributed by atoms with Crippen LogP contribution in [0.25, 0.3) is 11.0 Å². The first-order chi connectivity index (χ1) is 10.1. The Labute approximate surface area is 124 Å². The summed E-state index contributed by atoms with van der Waals surface area (Å²) in [5, 5.41) is 5.92. The Kier molecular flexibility index (Phi) is 3.82. The highest BCUT2D eigenvalue weighted by Gasteiger charge is 2.17. The van der Waals surface area contributed by atoms with Crippen LogP contribution in [0, 0.1) is 0 Å². The zero-order valence-corrected chi connectivity index (χ0v) is 12.6. The molecular formula is C16H22N4O. The molecule has 0 unspecified atom stereocenters. The summed E-state index contributed by atoms with van der Waals surface area (Å²) in [4.78, 5) is 19.8. The number of carbonyl (C=O) groups excluding carboxylic acids is 1. The Hall–Kier alpha value is -2.04. The van der Waals surface area contributed by atoms with E-state index in [1.54, 1.807) is 0 Å². The molecule has 1 heterocycles. The molecule has 0 spiro atoms.